The zero-order valence-corrected chi connectivity index (χ0v) is 18.7. The summed E-state index contributed by atoms with van der Waals surface area (Å²) in [7, 11) is -2.35. The summed E-state index contributed by atoms with van der Waals surface area (Å²) in [5, 5.41) is 0.363. The van der Waals surface area contributed by atoms with Crippen molar-refractivity contribution < 1.29 is 13.2 Å². The average Bonchev–Trinajstić information content (AvgIpc) is 2.63. The van der Waals surface area contributed by atoms with Crippen molar-refractivity contribution in [3.8, 4) is 5.75 Å². The third-order valence-electron chi connectivity index (χ3n) is 5.03. The Hall–Kier alpha value is -1.47. The minimum atomic E-state index is -3.74. The number of nitrogens with zero attached hydrogens (tertiary/aromatic N) is 2. The predicted octanol–water partition coefficient (Wildman–Crippen LogP) is 4.44. The normalized spacial score (nSPS) is 15.7. The molecule has 0 atom stereocenters. The number of aryl methyl sites for hydroxylation is 3. The van der Waals surface area contributed by atoms with Gasteiger partial charge in [-0.15, -0.1) is 0 Å². The molecule has 0 unspecified atom stereocenters. The van der Waals surface area contributed by atoms with Crippen LogP contribution < -0.4 is 9.64 Å². The Balaban J connectivity index is 1.85. The van der Waals surface area contributed by atoms with Gasteiger partial charge in [-0.05, 0) is 44.0 Å². The molecule has 0 amide bonds. The Kier molecular flexibility index (Phi) is 6.15. The Morgan fingerprint density at radius 1 is 0.964 bits per heavy atom. The zero-order valence-electron chi connectivity index (χ0n) is 16.4. The second kappa shape index (κ2) is 8.11. The lowest BCUT2D eigenvalue weighted by Gasteiger charge is -2.37. The van der Waals surface area contributed by atoms with E-state index in [0.29, 0.717) is 26.2 Å². The van der Waals surface area contributed by atoms with E-state index in [9.17, 15) is 8.42 Å². The van der Waals surface area contributed by atoms with Gasteiger partial charge in [0.15, 0.2) is 5.75 Å². The van der Waals surface area contributed by atoms with Crippen LogP contribution in [-0.4, -0.2) is 46.0 Å². The highest BCUT2D eigenvalue weighted by Crippen LogP contribution is 2.39. The van der Waals surface area contributed by atoms with E-state index in [4.69, 9.17) is 27.9 Å². The SMILES string of the molecule is COc1c(S(=O)(=O)N2CCN(c3c(C)cc(C)cc3C)CC2)ccc(Cl)c1Cl. The van der Waals surface area contributed by atoms with Crippen molar-refractivity contribution >= 4 is 38.9 Å². The van der Waals surface area contributed by atoms with Gasteiger partial charge in [-0.1, -0.05) is 40.9 Å². The van der Waals surface area contributed by atoms with Crippen LogP contribution in [0.25, 0.3) is 0 Å². The number of anilines is 1. The van der Waals surface area contributed by atoms with Crippen molar-refractivity contribution in [1.82, 2.24) is 4.31 Å². The fraction of sp³-hybridized carbons (Fsp3) is 0.400. The highest BCUT2D eigenvalue weighted by Gasteiger charge is 2.32. The van der Waals surface area contributed by atoms with Gasteiger partial charge in [0.1, 0.15) is 9.92 Å². The van der Waals surface area contributed by atoms with Gasteiger partial charge in [-0.3, -0.25) is 0 Å². The van der Waals surface area contributed by atoms with E-state index in [-0.39, 0.29) is 20.7 Å². The Morgan fingerprint density at radius 3 is 2.07 bits per heavy atom. The van der Waals surface area contributed by atoms with Crippen molar-refractivity contribution in [2.75, 3.05) is 38.2 Å². The molecule has 2 aromatic carbocycles. The molecule has 3 rings (SSSR count). The molecule has 1 fully saturated rings. The van der Waals surface area contributed by atoms with Crippen molar-refractivity contribution in [1.29, 1.82) is 0 Å². The number of halogens is 2. The number of methoxy groups -OCH3 is 1. The predicted molar refractivity (Wildman–Crippen MR) is 115 cm³/mol. The van der Waals surface area contributed by atoms with Crippen LogP contribution in [0.2, 0.25) is 10.0 Å². The zero-order chi connectivity index (χ0) is 20.6. The van der Waals surface area contributed by atoms with Crippen LogP contribution in [0, 0.1) is 20.8 Å². The molecule has 1 heterocycles. The van der Waals surface area contributed by atoms with Crippen molar-refractivity contribution in [2.45, 2.75) is 25.7 Å². The lowest BCUT2D eigenvalue weighted by Crippen LogP contribution is -2.49. The van der Waals surface area contributed by atoms with Crippen molar-refractivity contribution in [2.24, 2.45) is 0 Å². The number of hydrogen-bond acceptors (Lipinski definition) is 4. The highest BCUT2D eigenvalue weighted by atomic mass is 35.5. The second-order valence-corrected chi connectivity index (χ2v) is 9.72. The Morgan fingerprint density at radius 2 is 1.54 bits per heavy atom. The maximum Gasteiger partial charge on any atom is 0.246 e. The van der Waals surface area contributed by atoms with Crippen molar-refractivity contribution in [3.63, 3.8) is 0 Å². The van der Waals surface area contributed by atoms with Gasteiger partial charge < -0.3 is 9.64 Å². The van der Waals surface area contributed by atoms with Crippen LogP contribution in [-0.2, 0) is 10.0 Å². The summed E-state index contributed by atoms with van der Waals surface area (Å²) < 4.78 is 33.1. The molecule has 1 saturated heterocycles. The van der Waals surface area contributed by atoms with Gasteiger partial charge in [0.25, 0.3) is 0 Å². The van der Waals surface area contributed by atoms with E-state index in [1.807, 2.05) is 0 Å². The molecule has 1 aliphatic rings. The van der Waals surface area contributed by atoms with Crippen LogP contribution in [0.4, 0.5) is 5.69 Å². The van der Waals surface area contributed by atoms with Gasteiger partial charge in [0.05, 0.1) is 12.1 Å². The fourth-order valence-corrected chi connectivity index (χ4v) is 5.90. The van der Waals surface area contributed by atoms with Gasteiger partial charge in [-0.2, -0.15) is 4.31 Å². The molecule has 0 radical (unpaired) electrons. The summed E-state index contributed by atoms with van der Waals surface area (Å²) >= 11 is 12.1. The lowest BCUT2D eigenvalue weighted by molar-refractivity contribution is 0.374. The number of sulfonamides is 1. The first-order valence-electron chi connectivity index (χ1n) is 9.01. The summed E-state index contributed by atoms with van der Waals surface area (Å²) in [6.45, 7) is 8.29. The van der Waals surface area contributed by atoms with Gasteiger partial charge in [-0.25, -0.2) is 8.42 Å². The number of piperazine rings is 1. The van der Waals surface area contributed by atoms with Crippen LogP contribution in [0.5, 0.6) is 5.75 Å². The molecule has 0 N–H and O–H groups in total. The molecule has 152 valence electrons. The Labute approximate surface area is 176 Å². The van der Waals surface area contributed by atoms with E-state index < -0.39 is 10.0 Å². The third-order valence-corrected chi connectivity index (χ3v) is 7.74. The van der Waals surface area contributed by atoms with E-state index in [1.165, 1.54) is 45.9 Å². The molecule has 0 aliphatic carbocycles. The van der Waals surface area contributed by atoms with Gasteiger partial charge >= 0.3 is 0 Å². The molecule has 5 nitrogen and oxygen atoms in total. The standard InChI is InChI=1S/C20H24Cl2N2O3S/c1-13-11-14(2)19(15(3)12-13)23-7-9-24(10-8-23)28(25,26)17-6-5-16(21)18(22)20(17)27-4/h5-6,11-12H,7-10H2,1-4H3. The quantitative estimate of drug-likeness (QED) is 0.701. The molecule has 0 spiro atoms. The van der Waals surface area contributed by atoms with Gasteiger partial charge in [0.2, 0.25) is 10.0 Å². The molecule has 2 aromatic rings. The lowest BCUT2D eigenvalue weighted by atomic mass is 10.0. The minimum Gasteiger partial charge on any atom is -0.494 e. The first kappa shape index (κ1) is 21.2. The summed E-state index contributed by atoms with van der Waals surface area (Å²) in [5.41, 5.74) is 4.83. The molecule has 8 heteroatoms. The molecule has 0 aromatic heterocycles. The number of benzene rings is 2. The summed E-state index contributed by atoms with van der Waals surface area (Å²) in [6, 6.07) is 7.25. The van der Waals surface area contributed by atoms with E-state index in [2.05, 4.69) is 37.8 Å². The molecular formula is C20H24Cl2N2O3S. The van der Waals surface area contributed by atoms with E-state index in [0.717, 1.165) is 0 Å². The smallest absolute Gasteiger partial charge is 0.246 e. The second-order valence-electron chi connectivity index (χ2n) is 7.03. The molecule has 28 heavy (non-hydrogen) atoms. The maximum absolute atomic E-state index is 13.2. The van der Waals surface area contributed by atoms with Gasteiger partial charge in [0, 0.05) is 31.9 Å². The molecule has 1 aliphatic heterocycles. The fourth-order valence-electron chi connectivity index (χ4n) is 3.87. The molecule has 0 bridgehead atoms. The number of rotatable bonds is 4. The van der Waals surface area contributed by atoms with Crippen LogP contribution in [0.15, 0.2) is 29.2 Å². The maximum atomic E-state index is 13.2. The summed E-state index contributed by atoms with van der Waals surface area (Å²) in [4.78, 5) is 2.29. The highest BCUT2D eigenvalue weighted by molar-refractivity contribution is 7.89. The summed E-state index contributed by atoms with van der Waals surface area (Å²) in [5.74, 6) is 0.0850. The third kappa shape index (κ3) is 3.83. The first-order chi connectivity index (χ1) is 13.2. The Bertz CT molecular complexity index is 978. The first-order valence-corrected chi connectivity index (χ1v) is 11.2. The summed E-state index contributed by atoms with van der Waals surface area (Å²) in [6.07, 6.45) is 0. The van der Waals surface area contributed by atoms with E-state index >= 15 is 0 Å². The topological polar surface area (TPSA) is 49.9 Å². The van der Waals surface area contributed by atoms with Crippen LogP contribution in [0.3, 0.4) is 0 Å². The number of hydrogen-bond donors (Lipinski definition) is 0. The van der Waals surface area contributed by atoms with Crippen LogP contribution in [0.1, 0.15) is 16.7 Å². The minimum absolute atomic E-state index is 0.0422. The monoisotopic (exact) mass is 442 g/mol. The molecular weight excluding hydrogens is 419 g/mol. The largest absolute Gasteiger partial charge is 0.494 e. The van der Waals surface area contributed by atoms with Crippen LogP contribution >= 0.6 is 23.2 Å². The van der Waals surface area contributed by atoms with E-state index in [1.54, 1.807) is 0 Å². The van der Waals surface area contributed by atoms with Crippen molar-refractivity contribution in [3.05, 3.63) is 51.0 Å². The number of ether oxygens (including phenoxy) is 1. The average molecular weight is 443 g/mol. The molecule has 0 saturated carbocycles.